The summed E-state index contributed by atoms with van der Waals surface area (Å²) in [5, 5.41) is 13.4. The summed E-state index contributed by atoms with van der Waals surface area (Å²) in [6.07, 6.45) is 1.49. The Bertz CT molecular complexity index is 1410. The molecule has 0 fully saturated rings. The second-order valence-corrected chi connectivity index (χ2v) is 6.81. The first-order chi connectivity index (χ1) is 16.1. The Hall–Kier alpha value is -5.03. The van der Waals surface area contributed by atoms with Gasteiger partial charge in [0.15, 0.2) is 0 Å². The maximum atomic E-state index is 12.3. The van der Waals surface area contributed by atoms with E-state index in [9.17, 15) is 14.9 Å². The standard InChI is InChI=1S/C25H17N5O3/c26-15-21-22(18-9-3-1-4-10-18)28-25(29-23(21)31)30-27-16-17-8-7-13-20(14-17)33-24(32)19-11-5-2-6-12-19/h1-14,16H,(H2,28,29,30,31). The summed E-state index contributed by atoms with van der Waals surface area (Å²) >= 11 is 0. The van der Waals surface area contributed by atoms with Gasteiger partial charge in [-0.05, 0) is 29.8 Å². The van der Waals surface area contributed by atoms with Crippen LogP contribution in [0.3, 0.4) is 0 Å². The molecule has 1 aromatic heterocycles. The fourth-order valence-corrected chi connectivity index (χ4v) is 3.00. The van der Waals surface area contributed by atoms with Crippen LogP contribution >= 0.6 is 0 Å². The first-order valence-electron chi connectivity index (χ1n) is 9.90. The van der Waals surface area contributed by atoms with Crippen molar-refractivity contribution in [1.82, 2.24) is 9.97 Å². The lowest BCUT2D eigenvalue weighted by molar-refractivity contribution is 0.0735. The first kappa shape index (κ1) is 21.2. The van der Waals surface area contributed by atoms with Gasteiger partial charge in [-0.15, -0.1) is 0 Å². The molecule has 0 saturated heterocycles. The minimum atomic E-state index is -0.570. The number of carbonyl (C=O) groups excluding carboxylic acids is 1. The quantitative estimate of drug-likeness (QED) is 0.205. The highest BCUT2D eigenvalue weighted by Crippen LogP contribution is 2.19. The van der Waals surface area contributed by atoms with Gasteiger partial charge in [0.05, 0.1) is 17.5 Å². The molecule has 0 radical (unpaired) electrons. The van der Waals surface area contributed by atoms with Gasteiger partial charge in [0.1, 0.15) is 17.4 Å². The summed E-state index contributed by atoms with van der Waals surface area (Å²) in [4.78, 5) is 31.3. The van der Waals surface area contributed by atoms with E-state index >= 15 is 0 Å². The SMILES string of the molecule is N#Cc1c(-c2ccccc2)nc(NN=Cc2cccc(OC(=O)c3ccccc3)c2)[nH]c1=O. The number of nitrogens with zero attached hydrogens (tertiary/aromatic N) is 3. The predicted octanol–water partition coefficient (Wildman–Crippen LogP) is 3.97. The number of anilines is 1. The molecule has 4 rings (SSSR count). The van der Waals surface area contributed by atoms with E-state index in [1.807, 2.05) is 18.2 Å². The van der Waals surface area contributed by atoms with Gasteiger partial charge in [-0.3, -0.25) is 9.78 Å². The first-order valence-corrected chi connectivity index (χ1v) is 9.90. The molecule has 0 aliphatic rings. The molecule has 4 aromatic rings. The van der Waals surface area contributed by atoms with E-state index in [4.69, 9.17) is 4.74 Å². The maximum absolute atomic E-state index is 12.3. The van der Waals surface area contributed by atoms with E-state index in [0.29, 0.717) is 22.4 Å². The molecule has 0 atom stereocenters. The smallest absolute Gasteiger partial charge is 0.343 e. The van der Waals surface area contributed by atoms with Crippen LogP contribution in [0.4, 0.5) is 5.95 Å². The summed E-state index contributed by atoms with van der Waals surface area (Å²) in [6, 6.07) is 26.3. The van der Waals surface area contributed by atoms with Gasteiger partial charge in [-0.1, -0.05) is 60.7 Å². The highest BCUT2D eigenvalue weighted by Gasteiger charge is 2.13. The fraction of sp³-hybridized carbons (Fsp3) is 0. The third-order valence-electron chi connectivity index (χ3n) is 4.54. The Morgan fingerprint density at radius 3 is 2.48 bits per heavy atom. The number of aromatic nitrogens is 2. The van der Waals surface area contributed by atoms with Crippen LogP contribution < -0.4 is 15.7 Å². The highest BCUT2D eigenvalue weighted by atomic mass is 16.5. The molecule has 3 aromatic carbocycles. The van der Waals surface area contributed by atoms with Crippen molar-refractivity contribution in [2.75, 3.05) is 5.43 Å². The number of rotatable bonds is 6. The lowest BCUT2D eigenvalue weighted by atomic mass is 10.1. The topological polar surface area (TPSA) is 120 Å². The largest absolute Gasteiger partial charge is 0.423 e. The molecule has 0 saturated carbocycles. The van der Waals surface area contributed by atoms with Gasteiger partial charge < -0.3 is 4.74 Å². The molecule has 0 bridgehead atoms. The summed E-state index contributed by atoms with van der Waals surface area (Å²) in [6.45, 7) is 0. The number of H-pyrrole nitrogens is 1. The van der Waals surface area contributed by atoms with Crippen LogP contribution in [0.1, 0.15) is 21.5 Å². The van der Waals surface area contributed by atoms with E-state index in [2.05, 4.69) is 20.5 Å². The fourth-order valence-electron chi connectivity index (χ4n) is 3.00. The Labute approximate surface area is 188 Å². The number of hydrazone groups is 1. The molecule has 0 unspecified atom stereocenters. The summed E-state index contributed by atoms with van der Waals surface area (Å²) in [5.41, 5.74) is 4.01. The van der Waals surface area contributed by atoms with Crippen molar-refractivity contribution < 1.29 is 9.53 Å². The Balaban J connectivity index is 1.50. The second kappa shape index (κ2) is 9.85. The van der Waals surface area contributed by atoms with Crippen LogP contribution in [-0.4, -0.2) is 22.2 Å². The van der Waals surface area contributed by atoms with Crippen LogP contribution in [0.25, 0.3) is 11.3 Å². The lowest BCUT2D eigenvalue weighted by Crippen LogP contribution is -2.16. The Morgan fingerprint density at radius 1 is 1.03 bits per heavy atom. The van der Waals surface area contributed by atoms with Crippen molar-refractivity contribution in [3.05, 3.63) is 112 Å². The number of hydrogen-bond acceptors (Lipinski definition) is 7. The molecule has 0 aliphatic heterocycles. The molecule has 0 aliphatic carbocycles. The molecule has 8 nitrogen and oxygen atoms in total. The van der Waals surface area contributed by atoms with E-state index in [0.717, 1.165) is 0 Å². The molecular formula is C25H17N5O3. The highest BCUT2D eigenvalue weighted by molar-refractivity contribution is 5.91. The Morgan fingerprint density at radius 2 is 1.76 bits per heavy atom. The average Bonchev–Trinajstić information content (AvgIpc) is 2.85. The van der Waals surface area contributed by atoms with Crippen molar-refractivity contribution in [1.29, 1.82) is 5.26 Å². The number of esters is 1. The van der Waals surface area contributed by atoms with Gasteiger partial charge in [0.2, 0.25) is 5.95 Å². The van der Waals surface area contributed by atoms with Gasteiger partial charge in [-0.25, -0.2) is 15.2 Å². The summed E-state index contributed by atoms with van der Waals surface area (Å²) in [5.74, 6) is -0.0135. The molecule has 33 heavy (non-hydrogen) atoms. The monoisotopic (exact) mass is 435 g/mol. The number of benzene rings is 3. The third kappa shape index (κ3) is 5.18. The predicted molar refractivity (Wildman–Crippen MR) is 124 cm³/mol. The van der Waals surface area contributed by atoms with Crippen molar-refractivity contribution in [2.45, 2.75) is 0 Å². The van der Waals surface area contributed by atoms with Gasteiger partial charge in [0.25, 0.3) is 5.56 Å². The van der Waals surface area contributed by atoms with Crippen molar-refractivity contribution in [3.8, 4) is 23.1 Å². The third-order valence-corrected chi connectivity index (χ3v) is 4.54. The number of nitriles is 1. The van der Waals surface area contributed by atoms with Gasteiger partial charge in [-0.2, -0.15) is 10.4 Å². The van der Waals surface area contributed by atoms with Crippen molar-refractivity contribution in [2.24, 2.45) is 5.10 Å². The molecule has 2 N–H and O–H groups in total. The molecule has 0 amide bonds. The van der Waals surface area contributed by atoms with E-state index < -0.39 is 11.5 Å². The zero-order valence-corrected chi connectivity index (χ0v) is 17.2. The summed E-state index contributed by atoms with van der Waals surface area (Å²) in [7, 11) is 0. The second-order valence-electron chi connectivity index (χ2n) is 6.81. The number of carbonyl (C=O) groups is 1. The van der Waals surface area contributed by atoms with Crippen LogP contribution in [-0.2, 0) is 0 Å². The lowest BCUT2D eigenvalue weighted by Gasteiger charge is -2.06. The zero-order chi connectivity index (χ0) is 23.0. The van der Waals surface area contributed by atoms with Crippen LogP contribution in [0.2, 0.25) is 0 Å². The van der Waals surface area contributed by atoms with Gasteiger partial charge >= 0.3 is 5.97 Å². The molecule has 1 heterocycles. The van der Waals surface area contributed by atoms with Gasteiger partial charge in [0, 0.05) is 5.56 Å². The van der Waals surface area contributed by atoms with Crippen LogP contribution in [0, 0.1) is 11.3 Å². The normalized spacial score (nSPS) is 10.5. The molecule has 0 spiro atoms. The van der Waals surface area contributed by atoms with Crippen molar-refractivity contribution in [3.63, 3.8) is 0 Å². The van der Waals surface area contributed by atoms with Crippen LogP contribution in [0.15, 0.2) is 94.8 Å². The minimum absolute atomic E-state index is 0.0799. The molecule has 160 valence electrons. The van der Waals surface area contributed by atoms with Crippen molar-refractivity contribution >= 4 is 18.1 Å². The molecular weight excluding hydrogens is 418 g/mol. The van der Waals surface area contributed by atoms with E-state index in [-0.39, 0.29) is 17.2 Å². The van der Waals surface area contributed by atoms with E-state index in [1.165, 1.54) is 6.21 Å². The average molecular weight is 435 g/mol. The van der Waals surface area contributed by atoms with Crippen LogP contribution in [0.5, 0.6) is 5.75 Å². The molecule has 8 heteroatoms. The number of ether oxygens (including phenoxy) is 1. The number of hydrogen-bond donors (Lipinski definition) is 2. The number of nitrogens with one attached hydrogen (secondary N) is 2. The van der Waals surface area contributed by atoms with E-state index in [1.54, 1.807) is 72.8 Å². The Kier molecular flexibility index (Phi) is 6.33. The zero-order valence-electron chi connectivity index (χ0n) is 17.2. The summed E-state index contributed by atoms with van der Waals surface area (Å²) < 4.78 is 5.40. The maximum Gasteiger partial charge on any atom is 0.343 e. The minimum Gasteiger partial charge on any atom is -0.423 e. The number of aromatic amines is 1.